The molecule has 0 aromatic carbocycles. The zero-order valence-corrected chi connectivity index (χ0v) is 9.86. The molecule has 0 bridgehead atoms. The molecule has 0 radical (unpaired) electrons. The molecular weight excluding hydrogens is 208 g/mol. The number of esters is 1. The van der Waals surface area contributed by atoms with Gasteiger partial charge in [-0.1, -0.05) is 6.42 Å². The minimum absolute atomic E-state index is 0.0594. The van der Waals surface area contributed by atoms with E-state index in [0.717, 1.165) is 19.3 Å². The molecule has 3 N–H and O–H groups in total. The summed E-state index contributed by atoms with van der Waals surface area (Å²) >= 11 is 0. The number of amides is 1. The van der Waals surface area contributed by atoms with Crippen LogP contribution in [0.15, 0.2) is 0 Å². The van der Waals surface area contributed by atoms with Crippen LogP contribution in [0.3, 0.4) is 0 Å². The molecule has 1 fully saturated rings. The van der Waals surface area contributed by atoms with E-state index in [4.69, 9.17) is 5.73 Å². The Bertz CT molecular complexity index is 268. The highest BCUT2D eigenvalue weighted by atomic mass is 16.5. The highest BCUT2D eigenvalue weighted by Gasteiger charge is 2.27. The maximum atomic E-state index is 11.8. The first kappa shape index (κ1) is 13.0. The van der Waals surface area contributed by atoms with Crippen molar-refractivity contribution in [2.45, 2.75) is 44.7 Å². The average Bonchev–Trinajstić information content (AvgIpc) is 2.27. The summed E-state index contributed by atoms with van der Waals surface area (Å²) in [6.45, 7) is 1.62. The average molecular weight is 228 g/mol. The van der Waals surface area contributed by atoms with Crippen LogP contribution in [0.2, 0.25) is 0 Å². The van der Waals surface area contributed by atoms with Gasteiger partial charge in [0.2, 0.25) is 5.91 Å². The van der Waals surface area contributed by atoms with Crippen molar-refractivity contribution in [3.63, 3.8) is 0 Å². The maximum absolute atomic E-state index is 11.8. The molecule has 1 aliphatic rings. The van der Waals surface area contributed by atoms with Gasteiger partial charge in [-0.3, -0.25) is 4.79 Å². The third-order valence-corrected chi connectivity index (χ3v) is 3.00. The lowest BCUT2D eigenvalue weighted by Gasteiger charge is -2.26. The number of hydrogen-bond acceptors (Lipinski definition) is 4. The van der Waals surface area contributed by atoms with E-state index in [1.807, 2.05) is 0 Å². The van der Waals surface area contributed by atoms with Crippen LogP contribution in [0.4, 0.5) is 0 Å². The second-order valence-electron chi connectivity index (χ2n) is 4.38. The second-order valence-corrected chi connectivity index (χ2v) is 4.38. The number of nitrogens with one attached hydrogen (secondary N) is 1. The van der Waals surface area contributed by atoms with E-state index in [0.29, 0.717) is 6.42 Å². The summed E-state index contributed by atoms with van der Waals surface area (Å²) in [7, 11) is 1.31. The Morgan fingerprint density at radius 1 is 1.44 bits per heavy atom. The molecule has 0 aliphatic heterocycles. The zero-order chi connectivity index (χ0) is 12.1. The fraction of sp³-hybridized carbons (Fsp3) is 0.818. The minimum Gasteiger partial charge on any atom is -0.467 e. The van der Waals surface area contributed by atoms with Gasteiger partial charge in [0.1, 0.15) is 6.04 Å². The van der Waals surface area contributed by atoms with Crippen molar-refractivity contribution in [1.29, 1.82) is 0 Å². The first-order valence-electron chi connectivity index (χ1n) is 5.68. The molecule has 2 unspecified atom stereocenters. The third kappa shape index (κ3) is 3.48. The Morgan fingerprint density at radius 2 is 2.12 bits per heavy atom. The number of methoxy groups -OCH3 is 1. The molecule has 0 heterocycles. The Morgan fingerprint density at radius 3 is 2.69 bits per heavy atom. The highest BCUT2D eigenvalue weighted by molar-refractivity contribution is 5.85. The molecule has 0 aromatic rings. The minimum atomic E-state index is -0.587. The van der Waals surface area contributed by atoms with E-state index in [1.165, 1.54) is 7.11 Å². The number of rotatable bonds is 3. The predicted octanol–water partition coefficient (Wildman–Crippen LogP) is 0.182. The Labute approximate surface area is 95.7 Å². The van der Waals surface area contributed by atoms with Gasteiger partial charge in [0.05, 0.1) is 7.11 Å². The van der Waals surface area contributed by atoms with Crippen LogP contribution in [0, 0.1) is 5.92 Å². The topological polar surface area (TPSA) is 81.4 Å². The van der Waals surface area contributed by atoms with Gasteiger partial charge in [-0.15, -0.1) is 0 Å². The molecule has 5 nitrogen and oxygen atoms in total. The molecule has 1 amide bonds. The van der Waals surface area contributed by atoms with Crippen molar-refractivity contribution < 1.29 is 14.3 Å². The van der Waals surface area contributed by atoms with Crippen LogP contribution in [0.1, 0.15) is 32.6 Å². The van der Waals surface area contributed by atoms with Gasteiger partial charge < -0.3 is 15.8 Å². The SMILES string of the molecule is COC(=O)[C@H](C)NC(=O)C1CCCC(N)C1. The van der Waals surface area contributed by atoms with Crippen molar-refractivity contribution >= 4 is 11.9 Å². The van der Waals surface area contributed by atoms with E-state index in [2.05, 4.69) is 10.1 Å². The first-order chi connectivity index (χ1) is 7.54. The van der Waals surface area contributed by atoms with Crippen molar-refractivity contribution in [1.82, 2.24) is 5.32 Å². The number of carbonyl (C=O) groups is 2. The van der Waals surface area contributed by atoms with Gasteiger partial charge in [-0.05, 0) is 26.2 Å². The van der Waals surface area contributed by atoms with Crippen LogP contribution in [0.25, 0.3) is 0 Å². The van der Waals surface area contributed by atoms with Crippen LogP contribution >= 0.6 is 0 Å². The fourth-order valence-electron chi connectivity index (χ4n) is 2.03. The lowest BCUT2D eigenvalue weighted by molar-refractivity contribution is -0.145. The molecule has 1 saturated carbocycles. The predicted molar refractivity (Wildman–Crippen MR) is 59.6 cm³/mol. The molecule has 1 rings (SSSR count). The number of carbonyl (C=O) groups excluding carboxylic acids is 2. The van der Waals surface area contributed by atoms with Gasteiger partial charge in [-0.2, -0.15) is 0 Å². The lowest BCUT2D eigenvalue weighted by atomic mass is 9.85. The van der Waals surface area contributed by atoms with E-state index in [9.17, 15) is 9.59 Å². The van der Waals surface area contributed by atoms with Crippen molar-refractivity contribution in [2.24, 2.45) is 11.7 Å². The molecule has 3 atom stereocenters. The van der Waals surface area contributed by atoms with E-state index in [-0.39, 0.29) is 17.9 Å². The lowest BCUT2D eigenvalue weighted by Crippen LogP contribution is -2.44. The molecule has 16 heavy (non-hydrogen) atoms. The third-order valence-electron chi connectivity index (χ3n) is 3.00. The number of nitrogens with two attached hydrogens (primary N) is 1. The summed E-state index contributed by atoms with van der Waals surface area (Å²) in [6.07, 6.45) is 3.52. The smallest absolute Gasteiger partial charge is 0.328 e. The fourth-order valence-corrected chi connectivity index (χ4v) is 2.03. The monoisotopic (exact) mass is 228 g/mol. The van der Waals surface area contributed by atoms with Crippen LogP contribution in [0.5, 0.6) is 0 Å². The standard InChI is InChI=1S/C11H20N2O3/c1-7(11(15)16-2)13-10(14)8-4-3-5-9(12)6-8/h7-9H,3-6,12H2,1-2H3,(H,13,14)/t7-,8?,9?/m0/s1. The summed E-state index contributed by atoms with van der Waals surface area (Å²) < 4.78 is 4.54. The molecule has 0 saturated heterocycles. The molecular formula is C11H20N2O3. The summed E-state index contributed by atoms with van der Waals surface area (Å²) in [6, 6.07) is -0.478. The van der Waals surface area contributed by atoms with Gasteiger partial charge in [0.15, 0.2) is 0 Å². The molecule has 0 aromatic heterocycles. The summed E-state index contributed by atoms with van der Waals surface area (Å²) in [5.74, 6) is -0.572. The summed E-state index contributed by atoms with van der Waals surface area (Å²) in [5.41, 5.74) is 5.81. The first-order valence-corrected chi connectivity index (χ1v) is 5.68. The van der Waals surface area contributed by atoms with Gasteiger partial charge in [0.25, 0.3) is 0 Å². The quantitative estimate of drug-likeness (QED) is 0.675. The van der Waals surface area contributed by atoms with E-state index in [1.54, 1.807) is 6.92 Å². The molecule has 5 heteroatoms. The van der Waals surface area contributed by atoms with Gasteiger partial charge in [-0.25, -0.2) is 4.79 Å². The van der Waals surface area contributed by atoms with E-state index >= 15 is 0 Å². The Hall–Kier alpha value is -1.10. The molecule has 92 valence electrons. The number of ether oxygens (including phenoxy) is 1. The maximum Gasteiger partial charge on any atom is 0.328 e. The summed E-state index contributed by atoms with van der Waals surface area (Å²) in [4.78, 5) is 22.9. The normalized spacial score (nSPS) is 26.9. The largest absolute Gasteiger partial charge is 0.467 e. The van der Waals surface area contributed by atoms with Gasteiger partial charge >= 0.3 is 5.97 Å². The van der Waals surface area contributed by atoms with Gasteiger partial charge in [0, 0.05) is 12.0 Å². The molecule has 0 spiro atoms. The van der Waals surface area contributed by atoms with Crippen LogP contribution in [-0.4, -0.2) is 31.1 Å². The van der Waals surface area contributed by atoms with Crippen LogP contribution in [-0.2, 0) is 14.3 Å². The number of hydrogen-bond donors (Lipinski definition) is 2. The van der Waals surface area contributed by atoms with Crippen molar-refractivity contribution in [3.8, 4) is 0 Å². The Kier molecular flexibility index (Phi) is 4.73. The van der Waals surface area contributed by atoms with Crippen LogP contribution < -0.4 is 11.1 Å². The Balaban J connectivity index is 2.42. The van der Waals surface area contributed by atoms with E-state index < -0.39 is 12.0 Å². The second kappa shape index (κ2) is 5.84. The molecule has 1 aliphatic carbocycles. The summed E-state index contributed by atoms with van der Waals surface area (Å²) in [5, 5.41) is 2.65. The van der Waals surface area contributed by atoms with Crippen molar-refractivity contribution in [2.75, 3.05) is 7.11 Å². The zero-order valence-electron chi connectivity index (χ0n) is 9.86. The highest BCUT2D eigenvalue weighted by Crippen LogP contribution is 2.23. The van der Waals surface area contributed by atoms with Crippen molar-refractivity contribution in [3.05, 3.63) is 0 Å².